The van der Waals surface area contributed by atoms with Crippen LogP contribution in [0.15, 0.2) is 12.3 Å². The highest BCUT2D eigenvalue weighted by Crippen LogP contribution is 2.21. The lowest BCUT2D eigenvalue weighted by Crippen LogP contribution is -2.26. The Balaban J connectivity index is 2.45. The number of alkyl halides is 3. The smallest absolute Gasteiger partial charge is 0.372 e. The number of aromatic nitrogens is 1. The van der Waals surface area contributed by atoms with Crippen molar-refractivity contribution in [3.05, 3.63) is 23.6 Å². The first kappa shape index (κ1) is 16.2. The summed E-state index contributed by atoms with van der Waals surface area (Å²) in [5.41, 5.74) is 0.0170. The van der Waals surface area contributed by atoms with E-state index in [0.29, 0.717) is 0 Å². The standard InChI is InChI=1S/C12H15F4N3O/c1-17-10-9(6-8(13)7-19-10)11(20)18-5-3-2-4-12(14,15)16/h6-7H,2-5H2,1H3,(H,17,19)(H,18,20). The first-order valence-electron chi connectivity index (χ1n) is 6.01. The van der Waals surface area contributed by atoms with Crippen LogP contribution in [-0.2, 0) is 0 Å². The molecule has 0 radical (unpaired) electrons. The maximum absolute atomic E-state index is 13.0. The third kappa shape index (κ3) is 5.41. The van der Waals surface area contributed by atoms with Gasteiger partial charge in [-0.05, 0) is 18.9 Å². The largest absolute Gasteiger partial charge is 0.389 e. The van der Waals surface area contributed by atoms with Crippen LogP contribution in [0, 0.1) is 5.82 Å². The van der Waals surface area contributed by atoms with Crippen LogP contribution in [0.4, 0.5) is 23.4 Å². The van der Waals surface area contributed by atoms with Crippen LogP contribution in [0.25, 0.3) is 0 Å². The van der Waals surface area contributed by atoms with Crippen molar-refractivity contribution in [3.8, 4) is 0 Å². The highest BCUT2D eigenvalue weighted by Gasteiger charge is 2.25. The maximum atomic E-state index is 13.0. The fourth-order valence-electron chi connectivity index (χ4n) is 1.56. The van der Waals surface area contributed by atoms with Crippen LogP contribution >= 0.6 is 0 Å². The number of hydrogen-bond donors (Lipinski definition) is 2. The first-order valence-corrected chi connectivity index (χ1v) is 6.01. The van der Waals surface area contributed by atoms with E-state index in [9.17, 15) is 22.4 Å². The lowest BCUT2D eigenvalue weighted by atomic mass is 10.2. The summed E-state index contributed by atoms with van der Waals surface area (Å²) < 4.78 is 48.7. The summed E-state index contributed by atoms with van der Waals surface area (Å²) in [7, 11) is 1.53. The molecule has 0 fully saturated rings. The molecular formula is C12H15F4N3O. The van der Waals surface area contributed by atoms with E-state index in [0.717, 1.165) is 12.3 Å². The summed E-state index contributed by atoms with van der Waals surface area (Å²) in [5, 5.41) is 5.07. The minimum atomic E-state index is -4.18. The third-order valence-electron chi connectivity index (χ3n) is 2.51. The van der Waals surface area contributed by atoms with Crippen molar-refractivity contribution in [3.63, 3.8) is 0 Å². The minimum Gasteiger partial charge on any atom is -0.372 e. The van der Waals surface area contributed by atoms with Crippen LogP contribution < -0.4 is 10.6 Å². The van der Waals surface area contributed by atoms with E-state index in [1.54, 1.807) is 0 Å². The summed E-state index contributed by atoms with van der Waals surface area (Å²) in [6.45, 7) is 0.0918. The number of nitrogens with zero attached hydrogens (tertiary/aromatic N) is 1. The molecule has 1 rings (SSSR count). The maximum Gasteiger partial charge on any atom is 0.389 e. The summed E-state index contributed by atoms with van der Waals surface area (Å²) in [6, 6.07) is 1.02. The van der Waals surface area contributed by atoms with Gasteiger partial charge in [-0.1, -0.05) is 0 Å². The summed E-state index contributed by atoms with van der Waals surface area (Å²) in [5.74, 6) is -1.03. The molecule has 1 amide bonds. The van der Waals surface area contributed by atoms with E-state index >= 15 is 0 Å². The second-order valence-corrected chi connectivity index (χ2v) is 4.13. The number of nitrogens with one attached hydrogen (secondary N) is 2. The molecule has 0 bridgehead atoms. The number of halogens is 4. The van der Waals surface area contributed by atoms with Crippen molar-refractivity contribution in [2.45, 2.75) is 25.4 Å². The Labute approximate surface area is 113 Å². The Morgan fingerprint density at radius 2 is 2.05 bits per heavy atom. The van der Waals surface area contributed by atoms with Gasteiger partial charge in [-0.3, -0.25) is 4.79 Å². The molecule has 1 heterocycles. The zero-order chi connectivity index (χ0) is 15.2. The Hall–Kier alpha value is -1.86. The summed E-state index contributed by atoms with van der Waals surface area (Å²) in [4.78, 5) is 15.5. The Bertz CT molecular complexity index is 463. The van der Waals surface area contributed by atoms with E-state index in [-0.39, 0.29) is 30.8 Å². The lowest BCUT2D eigenvalue weighted by molar-refractivity contribution is -0.135. The van der Waals surface area contributed by atoms with Crippen molar-refractivity contribution in [1.82, 2.24) is 10.3 Å². The highest BCUT2D eigenvalue weighted by molar-refractivity contribution is 5.98. The molecule has 0 aliphatic heterocycles. The topological polar surface area (TPSA) is 54.0 Å². The van der Waals surface area contributed by atoms with E-state index < -0.39 is 24.3 Å². The van der Waals surface area contributed by atoms with E-state index in [2.05, 4.69) is 15.6 Å². The quantitative estimate of drug-likeness (QED) is 0.626. The number of carbonyl (C=O) groups excluding carboxylic acids is 1. The van der Waals surface area contributed by atoms with Crippen LogP contribution in [0.3, 0.4) is 0 Å². The number of unbranched alkanes of at least 4 members (excludes halogenated alkanes) is 1. The van der Waals surface area contributed by atoms with E-state index in [4.69, 9.17) is 0 Å². The van der Waals surface area contributed by atoms with Gasteiger partial charge in [0.15, 0.2) is 0 Å². The number of amides is 1. The zero-order valence-electron chi connectivity index (χ0n) is 10.9. The summed E-state index contributed by atoms with van der Waals surface area (Å²) >= 11 is 0. The summed E-state index contributed by atoms with van der Waals surface area (Å²) in [6.07, 6.45) is -3.97. The van der Waals surface area contributed by atoms with Gasteiger partial charge in [0.05, 0.1) is 11.8 Å². The predicted molar refractivity (Wildman–Crippen MR) is 66.0 cm³/mol. The van der Waals surface area contributed by atoms with Gasteiger partial charge in [0.25, 0.3) is 5.91 Å². The van der Waals surface area contributed by atoms with Gasteiger partial charge in [0.1, 0.15) is 11.6 Å². The van der Waals surface area contributed by atoms with Gasteiger partial charge in [0.2, 0.25) is 0 Å². The molecule has 0 unspecified atom stereocenters. The van der Waals surface area contributed by atoms with Gasteiger partial charge in [0, 0.05) is 20.0 Å². The van der Waals surface area contributed by atoms with Gasteiger partial charge in [-0.15, -0.1) is 0 Å². The van der Waals surface area contributed by atoms with Crippen molar-refractivity contribution in [2.24, 2.45) is 0 Å². The molecule has 0 saturated carbocycles. The number of pyridine rings is 1. The van der Waals surface area contributed by atoms with E-state index in [1.807, 2.05) is 0 Å². The SMILES string of the molecule is CNc1ncc(F)cc1C(=O)NCCCCC(F)(F)F. The van der Waals surface area contributed by atoms with Crippen molar-refractivity contribution < 1.29 is 22.4 Å². The lowest BCUT2D eigenvalue weighted by Gasteiger charge is -2.09. The molecule has 112 valence electrons. The van der Waals surface area contributed by atoms with Crippen molar-refractivity contribution in [2.75, 3.05) is 18.9 Å². The van der Waals surface area contributed by atoms with Gasteiger partial charge in [-0.25, -0.2) is 9.37 Å². The monoisotopic (exact) mass is 293 g/mol. The van der Waals surface area contributed by atoms with Crippen LogP contribution in [-0.4, -0.2) is 30.7 Å². The fraction of sp³-hybridized carbons (Fsp3) is 0.500. The molecule has 0 spiro atoms. The van der Waals surface area contributed by atoms with Crippen LogP contribution in [0.5, 0.6) is 0 Å². The normalized spacial score (nSPS) is 11.2. The highest BCUT2D eigenvalue weighted by atomic mass is 19.4. The number of anilines is 1. The fourth-order valence-corrected chi connectivity index (χ4v) is 1.56. The average Bonchev–Trinajstić information content (AvgIpc) is 2.36. The molecule has 0 aliphatic carbocycles. The van der Waals surface area contributed by atoms with E-state index in [1.165, 1.54) is 7.05 Å². The molecule has 1 aromatic rings. The number of rotatable bonds is 6. The van der Waals surface area contributed by atoms with Gasteiger partial charge in [-0.2, -0.15) is 13.2 Å². The predicted octanol–water partition coefficient (Wildman–Crippen LogP) is 2.72. The average molecular weight is 293 g/mol. The van der Waals surface area contributed by atoms with Crippen LogP contribution in [0.2, 0.25) is 0 Å². The molecule has 8 heteroatoms. The molecule has 2 N–H and O–H groups in total. The van der Waals surface area contributed by atoms with Crippen molar-refractivity contribution in [1.29, 1.82) is 0 Å². The molecular weight excluding hydrogens is 278 g/mol. The first-order chi connectivity index (χ1) is 9.33. The Kier molecular flexibility index (Phi) is 5.72. The molecule has 0 atom stereocenters. The zero-order valence-corrected chi connectivity index (χ0v) is 10.9. The second kappa shape index (κ2) is 7.06. The van der Waals surface area contributed by atoms with Gasteiger partial charge >= 0.3 is 6.18 Å². The number of carbonyl (C=O) groups is 1. The molecule has 4 nitrogen and oxygen atoms in total. The minimum absolute atomic E-state index is 0.0170. The van der Waals surface area contributed by atoms with Crippen LogP contribution in [0.1, 0.15) is 29.6 Å². The Morgan fingerprint density at radius 1 is 1.35 bits per heavy atom. The van der Waals surface area contributed by atoms with Gasteiger partial charge < -0.3 is 10.6 Å². The molecule has 0 aromatic carbocycles. The molecule has 0 aliphatic rings. The molecule has 0 saturated heterocycles. The molecule has 1 aromatic heterocycles. The molecule has 20 heavy (non-hydrogen) atoms. The second-order valence-electron chi connectivity index (χ2n) is 4.13. The number of hydrogen-bond acceptors (Lipinski definition) is 3. The van der Waals surface area contributed by atoms with Crippen molar-refractivity contribution >= 4 is 11.7 Å². The Morgan fingerprint density at radius 3 is 2.65 bits per heavy atom. The third-order valence-corrected chi connectivity index (χ3v) is 2.51.